The SMILES string of the molecule is CC1(C(=O)O)CCN(C(=O)/C=C/c2ccc(N3CCCC3=O)cc2)C1. The molecule has 2 heterocycles. The molecule has 0 radical (unpaired) electrons. The zero-order valence-electron chi connectivity index (χ0n) is 14.3. The molecule has 1 aromatic carbocycles. The van der Waals surface area contributed by atoms with E-state index in [0.29, 0.717) is 19.4 Å². The van der Waals surface area contributed by atoms with Crippen molar-refractivity contribution in [3.63, 3.8) is 0 Å². The maximum atomic E-state index is 12.2. The van der Waals surface area contributed by atoms with Gasteiger partial charge in [-0.25, -0.2) is 0 Å². The van der Waals surface area contributed by atoms with Gasteiger partial charge in [-0.2, -0.15) is 0 Å². The van der Waals surface area contributed by atoms with Crippen LogP contribution in [0.1, 0.15) is 31.7 Å². The van der Waals surface area contributed by atoms with Crippen LogP contribution in [0, 0.1) is 5.41 Å². The molecule has 1 N–H and O–H groups in total. The number of anilines is 1. The van der Waals surface area contributed by atoms with E-state index in [0.717, 1.165) is 24.2 Å². The highest BCUT2D eigenvalue weighted by Crippen LogP contribution is 2.30. The Hall–Kier alpha value is -2.63. The van der Waals surface area contributed by atoms with Gasteiger partial charge in [-0.3, -0.25) is 14.4 Å². The summed E-state index contributed by atoms with van der Waals surface area (Å²) in [4.78, 5) is 38.6. The van der Waals surface area contributed by atoms with Crippen LogP contribution in [0.15, 0.2) is 30.3 Å². The number of aliphatic carboxylic acids is 1. The Morgan fingerprint density at radius 2 is 1.92 bits per heavy atom. The van der Waals surface area contributed by atoms with Crippen LogP contribution in [0.25, 0.3) is 6.08 Å². The van der Waals surface area contributed by atoms with Crippen LogP contribution in [-0.2, 0) is 14.4 Å². The normalized spacial score (nSPS) is 23.6. The van der Waals surface area contributed by atoms with Gasteiger partial charge in [-0.1, -0.05) is 12.1 Å². The fraction of sp³-hybridized carbons (Fsp3) is 0.421. The molecule has 2 aliphatic heterocycles. The summed E-state index contributed by atoms with van der Waals surface area (Å²) >= 11 is 0. The highest BCUT2D eigenvalue weighted by atomic mass is 16.4. The molecule has 2 amide bonds. The Morgan fingerprint density at radius 1 is 1.20 bits per heavy atom. The topological polar surface area (TPSA) is 77.9 Å². The Balaban J connectivity index is 1.61. The number of hydrogen-bond acceptors (Lipinski definition) is 3. The molecule has 0 aliphatic carbocycles. The second kappa shape index (κ2) is 6.70. The molecule has 25 heavy (non-hydrogen) atoms. The van der Waals surface area contributed by atoms with E-state index in [1.807, 2.05) is 24.3 Å². The number of rotatable bonds is 4. The van der Waals surface area contributed by atoms with Crippen LogP contribution >= 0.6 is 0 Å². The van der Waals surface area contributed by atoms with Crippen molar-refractivity contribution in [3.05, 3.63) is 35.9 Å². The first-order valence-corrected chi connectivity index (χ1v) is 8.50. The molecule has 0 aromatic heterocycles. The lowest BCUT2D eigenvalue weighted by Crippen LogP contribution is -2.34. The van der Waals surface area contributed by atoms with E-state index in [1.165, 1.54) is 6.08 Å². The summed E-state index contributed by atoms with van der Waals surface area (Å²) in [6, 6.07) is 7.50. The Morgan fingerprint density at radius 3 is 2.48 bits per heavy atom. The van der Waals surface area contributed by atoms with Crippen LogP contribution in [0.2, 0.25) is 0 Å². The number of carbonyl (C=O) groups excluding carboxylic acids is 2. The highest BCUT2D eigenvalue weighted by molar-refractivity contribution is 5.95. The Kier molecular flexibility index (Phi) is 4.61. The summed E-state index contributed by atoms with van der Waals surface area (Å²) < 4.78 is 0. The minimum absolute atomic E-state index is 0.147. The third-order valence-electron chi connectivity index (χ3n) is 5.00. The molecule has 1 atom stereocenters. The average Bonchev–Trinajstić information content (AvgIpc) is 3.20. The molecule has 0 saturated carbocycles. The van der Waals surface area contributed by atoms with Crippen LogP contribution in [0.4, 0.5) is 5.69 Å². The molecule has 1 unspecified atom stereocenters. The summed E-state index contributed by atoms with van der Waals surface area (Å²) in [5.74, 6) is -0.892. The smallest absolute Gasteiger partial charge is 0.311 e. The maximum absolute atomic E-state index is 12.2. The third kappa shape index (κ3) is 3.57. The molecule has 6 heteroatoms. The zero-order chi connectivity index (χ0) is 18.0. The van der Waals surface area contributed by atoms with Crippen molar-refractivity contribution in [3.8, 4) is 0 Å². The van der Waals surface area contributed by atoms with Crippen molar-refractivity contribution >= 4 is 29.5 Å². The van der Waals surface area contributed by atoms with Gasteiger partial charge in [0.05, 0.1) is 5.41 Å². The standard InChI is InChI=1S/C19H22N2O4/c1-19(18(24)25)10-12-20(13-19)16(22)9-6-14-4-7-15(8-5-14)21-11-2-3-17(21)23/h4-9H,2-3,10-13H2,1H3,(H,24,25)/b9-6+. The number of benzene rings is 1. The molecule has 132 valence electrons. The quantitative estimate of drug-likeness (QED) is 0.851. The van der Waals surface area contributed by atoms with E-state index in [2.05, 4.69) is 0 Å². The fourth-order valence-corrected chi connectivity index (χ4v) is 3.28. The number of hydrogen-bond donors (Lipinski definition) is 1. The summed E-state index contributed by atoms with van der Waals surface area (Å²) in [6.45, 7) is 3.12. The predicted octanol–water partition coefficient (Wildman–Crippen LogP) is 2.15. The largest absolute Gasteiger partial charge is 0.481 e. The van der Waals surface area contributed by atoms with Crippen molar-refractivity contribution < 1.29 is 19.5 Å². The van der Waals surface area contributed by atoms with Crippen LogP contribution < -0.4 is 4.90 Å². The van der Waals surface area contributed by atoms with Crippen molar-refractivity contribution in [1.82, 2.24) is 4.90 Å². The van der Waals surface area contributed by atoms with Crippen LogP contribution in [-0.4, -0.2) is 47.4 Å². The van der Waals surface area contributed by atoms with E-state index in [-0.39, 0.29) is 18.4 Å². The fourth-order valence-electron chi connectivity index (χ4n) is 3.28. The van der Waals surface area contributed by atoms with Gasteiger partial charge in [0.1, 0.15) is 0 Å². The summed E-state index contributed by atoms with van der Waals surface area (Å²) in [6.07, 6.45) is 5.15. The molecule has 0 spiro atoms. The minimum Gasteiger partial charge on any atom is -0.481 e. The lowest BCUT2D eigenvalue weighted by Gasteiger charge is -2.19. The van der Waals surface area contributed by atoms with Crippen molar-refractivity contribution in [1.29, 1.82) is 0 Å². The second-order valence-corrected chi connectivity index (χ2v) is 6.95. The van der Waals surface area contributed by atoms with Gasteiger partial charge >= 0.3 is 5.97 Å². The molecular formula is C19H22N2O4. The highest BCUT2D eigenvalue weighted by Gasteiger charge is 2.41. The van der Waals surface area contributed by atoms with Crippen LogP contribution in [0.3, 0.4) is 0 Å². The molecule has 2 fully saturated rings. The number of carboxylic acid groups (broad SMARTS) is 1. The predicted molar refractivity (Wildman–Crippen MR) is 94.0 cm³/mol. The lowest BCUT2D eigenvalue weighted by molar-refractivity contribution is -0.147. The number of carbonyl (C=O) groups is 3. The third-order valence-corrected chi connectivity index (χ3v) is 5.00. The average molecular weight is 342 g/mol. The van der Waals surface area contributed by atoms with E-state index in [1.54, 1.807) is 22.8 Å². The monoisotopic (exact) mass is 342 g/mol. The number of amides is 2. The van der Waals surface area contributed by atoms with Gasteiger partial charge in [-0.05, 0) is 43.5 Å². The summed E-state index contributed by atoms with van der Waals surface area (Å²) in [5.41, 5.74) is 0.889. The van der Waals surface area contributed by atoms with Gasteiger partial charge < -0.3 is 14.9 Å². The van der Waals surface area contributed by atoms with Crippen molar-refractivity contribution in [2.45, 2.75) is 26.2 Å². The molecule has 6 nitrogen and oxygen atoms in total. The van der Waals surface area contributed by atoms with E-state index < -0.39 is 11.4 Å². The van der Waals surface area contributed by atoms with Crippen LogP contribution in [0.5, 0.6) is 0 Å². The van der Waals surface area contributed by atoms with Crippen molar-refractivity contribution in [2.24, 2.45) is 5.41 Å². The molecule has 1 aromatic rings. The zero-order valence-corrected chi connectivity index (χ0v) is 14.3. The first-order chi connectivity index (χ1) is 11.9. The van der Waals surface area contributed by atoms with Crippen molar-refractivity contribution in [2.75, 3.05) is 24.5 Å². The Bertz CT molecular complexity index is 725. The summed E-state index contributed by atoms with van der Waals surface area (Å²) in [5, 5.41) is 9.23. The van der Waals surface area contributed by atoms with E-state index in [4.69, 9.17) is 0 Å². The molecule has 3 rings (SSSR count). The van der Waals surface area contributed by atoms with E-state index in [9.17, 15) is 19.5 Å². The number of likely N-dealkylation sites (tertiary alicyclic amines) is 1. The molecule has 2 aliphatic rings. The lowest BCUT2D eigenvalue weighted by atomic mass is 9.90. The molecular weight excluding hydrogens is 320 g/mol. The Labute approximate surface area is 146 Å². The first-order valence-electron chi connectivity index (χ1n) is 8.50. The summed E-state index contributed by atoms with van der Waals surface area (Å²) in [7, 11) is 0. The van der Waals surface area contributed by atoms with Gasteiger partial charge in [0.15, 0.2) is 0 Å². The molecule has 0 bridgehead atoms. The van der Waals surface area contributed by atoms with Gasteiger partial charge in [0, 0.05) is 37.8 Å². The van der Waals surface area contributed by atoms with Gasteiger partial charge in [-0.15, -0.1) is 0 Å². The minimum atomic E-state index is -0.862. The molecule has 2 saturated heterocycles. The van der Waals surface area contributed by atoms with Gasteiger partial charge in [0.25, 0.3) is 0 Å². The second-order valence-electron chi connectivity index (χ2n) is 6.95. The van der Waals surface area contributed by atoms with E-state index >= 15 is 0 Å². The number of carboxylic acids is 1. The maximum Gasteiger partial charge on any atom is 0.311 e. The first kappa shape index (κ1) is 17.2. The van der Waals surface area contributed by atoms with Gasteiger partial charge in [0.2, 0.25) is 11.8 Å². The number of nitrogens with zero attached hydrogens (tertiary/aromatic N) is 2.